The molecule has 1 fully saturated rings. The van der Waals surface area contributed by atoms with E-state index in [4.69, 9.17) is 5.11 Å². The Labute approximate surface area is 115 Å². The number of aryl methyl sites for hydroxylation is 1. The number of carbonyl (C=O) groups is 3. The lowest BCUT2D eigenvalue weighted by atomic mass is 10.1. The second kappa shape index (κ2) is 5.68. The van der Waals surface area contributed by atoms with Crippen LogP contribution < -0.4 is 5.32 Å². The summed E-state index contributed by atoms with van der Waals surface area (Å²) in [5.41, 5.74) is 1.45. The summed E-state index contributed by atoms with van der Waals surface area (Å²) in [6.07, 6.45) is 1.57. The molecule has 0 radical (unpaired) electrons. The lowest BCUT2D eigenvalue weighted by Gasteiger charge is -2.32. The summed E-state index contributed by atoms with van der Waals surface area (Å²) in [4.78, 5) is 39.9. The van der Waals surface area contributed by atoms with Gasteiger partial charge in [0.15, 0.2) is 0 Å². The van der Waals surface area contributed by atoms with Crippen molar-refractivity contribution in [2.75, 3.05) is 13.1 Å². The fourth-order valence-electron chi connectivity index (χ4n) is 2.07. The van der Waals surface area contributed by atoms with Crippen molar-refractivity contribution in [1.29, 1.82) is 0 Å². The lowest BCUT2D eigenvalue weighted by molar-refractivity contribution is -0.153. The summed E-state index contributed by atoms with van der Waals surface area (Å²) in [5, 5.41) is 11.5. The molecule has 1 aliphatic rings. The Hall–Kier alpha value is -2.44. The molecule has 7 heteroatoms. The van der Waals surface area contributed by atoms with Crippen molar-refractivity contribution in [3.8, 4) is 0 Å². The topological polar surface area (TPSA) is 99.6 Å². The number of hydrogen-bond donors (Lipinski definition) is 2. The highest BCUT2D eigenvalue weighted by atomic mass is 16.4. The van der Waals surface area contributed by atoms with E-state index in [2.05, 4.69) is 10.3 Å². The van der Waals surface area contributed by atoms with E-state index in [-0.39, 0.29) is 25.4 Å². The number of nitrogens with zero attached hydrogens (tertiary/aromatic N) is 2. The number of piperazine rings is 1. The number of carboxylic acids is 1. The van der Waals surface area contributed by atoms with Crippen LogP contribution in [0.1, 0.15) is 11.3 Å². The van der Waals surface area contributed by atoms with Gasteiger partial charge in [0.25, 0.3) is 0 Å². The summed E-state index contributed by atoms with van der Waals surface area (Å²) in [7, 11) is 0. The minimum absolute atomic E-state index is 0.0102. The monoisotopic (exact) mass is 277 g/mol. The zero-order valence-corrected chi connectivity index (χ0v) is 11.0. The third-order valence-corrected chi connectivity index (χ3v) is 3.22. The third-order valence-electron chi connectivity index (χ3n) is 3.22. The van der Waals surface area contributed by atoms with Gasteiger partial charge >= 0.3 is 5.97 Å². The molecule has 1 atom stereocenters. The van der Waals surface area contributed by atoms with Crippen LogP contribution in [0, 0.1) is 6.92 Å². The first-order valence-electron chi connectivity index (χ1n) is 6.18. The molecule has 0 spiro atoms. The van der Waals surface area contributed by atoms with Crippen molar-refractivity contribution in [2.24, 2.45) is 0 Å². The summed E-state index contributed by atoms with van der Waals surface area (Å²) in [6.45, 7) is 1.52. The summed E-state index contributed by atoms with van der Waals surface area (Å²) < 4.78 is 0. The molecule has 0 aliphatic carbocycles. The predicted octanol–water partition coefficient (Wildman–Crippen LogP) is -0.656. The first-order valence-corrected chi connectivity index (χ1v) is 6.18. The predicted molar refractivity (Wildman–Crippen MR) is 68.8 cm³/mol. The van der Waals surface area contributed by atoms with E-state index in [1.54, 1.807) is 12.3 Å². The maximum Gasteiger partial charge on any atom is 0.328 e. The van der Waals surface area contributed by atoms with Gasteiger partial charge in [-0.1, -0.05) is 6.07 Å². The number of carboxylic acid groups (broad SMARTS) is 1. The van der Waals surface area contributed by atoms with E-state index >= 15 is 0 Å². The van der Waals surface area contributed by atoms with Crippen LogP contribution in [0.5, 0.6) is 0 Å². The van der Waals surface area contributed by atoms with Gasteiger partial charge in [0, 0.05) is 12.7 Å². The molecule has 0 aromatic carbocycles. The van der Waals surface area contributed by atoms with Crippen LogP contribution in [0.3, 0.4) is 0 Å². The zero-order chi connectivity index (χ0) is 14.7. The van der Waals surface area contributed by atoms with Crippen LogP contribution in [-0.4, -0.2) is 51.9 Å². The summed E-state index contributed by atoms with van der Waals surface area (Å²) in [5.74, 6) is -1.89. The molecule has 106 valence electrons. The molecule has 7 nitrogen and oxygen atoms in total. The quantitative estimate of drug-likeness (QED) is 0.764. The van der Waals surface area contributed by atoms with E-state index in [0.29, 0.717) is 5.69 Å². The van der Waals surface area contributed by atoms with Crippen molar-refractivity contribution < 1.29 is 19.5 Å². The van der Waals surface area contributed by atoms with E-state index in [1.165, 1.54) is 0 Å². The summed E-state index contributed by atoms with van der Waals surface area (Å²) in [6, 6.07) is 2.56. The van der Waals surface area contributed by atoms with Crippen molar-refractivity contribution in [1.82, 2.24) is 15.2 Å². The van der Waals surface area contributed by atoms with Crippen molar-refractivity contribution in [2.45, 2.75) is 19.4 Å². The number of carbonyl (C=O) groups excluding carboxylic acids is 2. The van der Waals surface area contributed by atoms with Gasteiger partial charge in [-0.3, -0.25) is 14.6 Å². The van der Waals surface area contributed by atoms with Crippen LogP contribution >= 0.6 is 0 Å². The van der Waals surface area contributed by atoms with Gasteiger partial charge in [0.2, 0.25) is 11.8 Å². The first kappa shape index (κ1) is 14.0. The van der Waals surface area contributed by atoms with Gasteiger partial charge in [-0.2, -0.15) is 0 Å². The normalized spacial score (nSPS) is 18.6. The first-order chi connectivity index (χ1) is 9.49. The molecular weight excluding hydrogens is 262 g/mol. The maximum atomic E-state index is 12.2. The van der Waals surface area contributed by atoms with Crippen LogP contribution in [0.4, 0.5) is 0 Å². The molecule has 1 aromatic rings. The number of nitrogens with one attached hydrogen (secondary N) is 1. The minimum atomic E-state index is -1.13. The molecular formula is C13H15N3O4. The SMILES string of the molecule is Cc1cccnc1CC(=O)N1CC(=O)NCC1C(=O)O. The average molecular weight is 277 g/mol. The third kappa shape index (κ3) is 2.93. The smallest absolute Gasteiger partial charge is 0.328 e. The van der Waals surface area contributed by atoms with Crippen LogP contribution in [0.2, 0.25) is 0 Å². The molecule has 2 N–H and O–H groups in total. The highest BCUT2D eigenvalue weighted by Gasteiger charge is 2.35. The Balaban J connectivity index is 2.15. The summed E-state index contributed by atoms with van der Waals surface area (Å²) >= 11 is 0. The lowest BCUT2D eigenvalue weighted by Crippen LogP contribution is -2.59. The molecule has 2 heterocycles. The molecule has 2 rings (SSSR count). The Morgan fingerprint density at radius 1 is 1.55 bits per heavy atom. The number of rotatable bonds is 3. The maximum absolute atomic E-state index is 12.2. The second-order valence-corrected chi connectivity index (χ2v) is 4.62. The Morgan fingerprint density at radius 3 is 2.95 bits per heavy atom. The molecule has 0 bridgehead atoms. The minimum Gasteiger partial charge on any atom is -0.480 e. The second-order valence-electron chi connectivity index (χ2n) is 4.62. The van der Waals surface area contributed by atoms with Crippen LogP contribution in [-0.2, 0) is 20.8 Å². The highest BCUT2D eigenvalue weighted by Crippen LogP contribution is 2.10. The van der Waals surface area contributed by atoms with Gasteiger partial charge in [-0.15, -0.1) is 0 Å². The molecule has 0 saturated carbocycles. The van der Waals surface area contributed by atoms with Crippen molar-refractivity contribution in [3.63, 3.8) is 0 Å². The molecule has 2 amide bonds. The van der Waals surface area contributed by atoms with E-state index in [0.717, 1.165) is 10.5 Å². The molecule has 1 aromatic heterocycles. The molecule has 20 heavy (non-hydrogen) atoms. The average Bonchev–Trinajstić information content (AvgIpc) is 2.40. The zero-order valence-electron chi connectivity index (χ0n) is 11.0. The van der Waals surface area contributed by atoms with Crippen LogP contribution in [0.15, 0.2) is 18.3 Å². The number of aliphatic carboxylic acids is 1. The Kier molecular flexibility index (Phi) is 3.97. The van der Waals surface area contributed by atoms with Crippen molar-refractivity contribution in [3.05, 3.63) is 29.6 Å². The Morgan fingerprint density at radius 2 is 2.30 bits per heavy atom. The number of pyridine rings is 1. The van der Waals surface area contributed by atoms with E-state index in [1.807, 2.05) is 13.0 Å². The molecule has 1 aliphatic heterocycles. The van der Waals surface area contributed by atoms with Gasteiger partial charge in [-0.25, -0.2) is 4.79 Å². The largest absolute Gasteiger partial charge is 0.480 e. The van der Waals surface area contributed by atoms with Gasteiger partial charge in [0.05, 0.1) is 12.1 Å². The van der Waals surface area contributed by atoms with E-state index < -0.39 is 17.9 Å². The van der Waals surface area contributed by atoms with E-state index in [9.17, 15) is 14.4 Å². The molecule has 1 unspecified atom stereocenters. The van der Waals surface area contributed by atoms with Gasteiger partial charge in [0.1, 0.15) is 12.6 Å². The van der Waals surface area contributed by atoms with Crippen LogP contribution in [0.25, 0.3) is 0 Å². The van der Waals surface area contributed by atoms with Gasteiger partial charge in [-0.05, 0) is 18.6 Å². The molecule has 1 saturated heterocycles. The number of hydrogen-bond acceptors (Lipinski definition) is 4. The fourth-order valence-corrected chi connectivity index (χ4v) is 2.07. The Bertz CT molecular complexity index is 558. The van der Waals surface area contributed by atoms with Gasteiger partial charge < -0.3 is 15.3 Å². The number of amides is 2. The highest BCUT2D eigenvalue weighted by molar-refractivity contribution is 5.91. The number of aromatic nitrogens is 1. The van der Waals surface area contributed by atoms with Crippen molar-refractivity contribution >= 4 is 17.8 Å². The fraction of sp³-hybridized carbons (Fsp3) is 0.385. The standard InChI is InChI=1S/C13H15N3O4/c1-8-3-2-4-14-9(8)5-12(18)16-7-11(17)15-6-10(16)13(19)20/h2-4,10H,5-7H2,1H3,(H,15,17)(H,19,20).